The Morgan fingerprint density at radius 3 is 1.43 bits per heavy atom. The molecule has 0 aromatic heterocycles. The average Bonchev–Trinajstić information content (AvgIpc) is 2.44. The van der Waals surface area contributed by atoms with E-state index in [0.29, 0.717) is 0 Å². The summed E-state index contributed by atoms with van der Waals surface area (Å²) >= 11 is 0. The average molecular weight is 491 g/mol. The maximum Gasteiger partial charge on any atom is 0.400 e. The van der Waals surface area contributed by atoms with Crippen LogP contribution in [0.2, 0.25) is 0 Å². The van der Waals surface area contributed by atoms with Crippen molar-refractivity contribution in [3.05, 3.63) is 0 Å². The van der Waals surface area contributed by atoms with E-state index >= 15 is 0 Å². The van der Waals surface area contributed by atoms with E-state index in [0.717, 1.165) is 4.72 Å². The van der Waals surface area contributed by atoms with Gasteiger partial charge in [0.05, 0.1) is 0 Å². The van der Waals surface area contributed by atoms with Crippen LogP contribution in [0.3, 0.4) is 0 Å². The Morgan fingerprint density at radius 1 is 0.679 bits per heavy atom. The van der Waals surface area contributed by atoms with Gasteiger partial charge in [-0.2, -0.15) is 26.3 Å². The van der Waals surface area contributed by atoms with Gasteiger partial charge >= 0.3 is 15.8 Å². The van der Waals surface area contributed by atoms with Crippen LogP contribution in [-0.2, 0) is 30.1 Å². The van der Waals surface area contributed by atoms with Crippen molar-refractivity contribution in [1.82, 2.24) is 14.2 Å². The number of nitrogens with one attached hydrogen (secondary N) is 3. The van der Waals surface area contributed by atoms with Crippen LogP contribution in [0, 0.1) is 0 Å². The maximum absolute atomic E-state index is 14.3. The molecule has 3 N–H and O–H groups in total. The summed E-state index contributed by atoms with van der Waals surface area (Å²) in [7, 11) is -18.6. The standard InChI is InChI=1S/C9H16F7N3O6S3/c1-6(10,8(13,14)27(22,23)18-5-4-17-3)9(15,16)28(24,25)19-26(20,21)7(2,11)12/h17-19H,4-5H2,1-3H3. The summed E-state index contributed by atoms with van der Waals surface area (Å²) in [6.07, 6.45) is 0. The highest BCUT2D eigenvalue weighted by atomic mass is 32.3. The van der Waals surface area contributed by atoms with E-state index in [1.807, 2.05) is 0 Å². The van der Waals surface area contributed by atoms with Gasteiger partial charge < -0.3 is 5.32 Å². The first-order valence-electron chi connectivity index (χ1n) is 6.75. The first kappa shape index (κ1) is 27.2. The third-order valence-corrected chi connectivity index (χ3v) is 8.53. The van der Waals surface area contributed by atoms with Gasteiger partial charge in [0.15, 0.2) is 0 Å². The second-order valence-corrected chi connectivity index (χ2v) is 11.2. The van der Waals surface area contributed by atoms with Crippen LogP contribution in [0.4, 0.5) is 30.7 Å². The van der Waals surface area contributed by atoms with Crippen LogP contribution in [0.15, 0.2) is 0 Å². The van der Waals surface area contributed by atoms with Gasteiger partial charge in [-0.1, -0.05) is 4.13 Å². The van der Waals surface area contributed by atoms with Gasteiger partial charge in [-0.25, -0.2) is 34.4 Å². The molecular weight excluding hydrogens is 475 g/mol. The molecule has 0 aliphatic carbocycles. The van der Waals surface area contributed by atoms with E-state index in [1.165, 1.54) is 7.05 Å². The Kier molecular flexibility index (Phi) is 7.61. The fraction of sp³-hybridized carbons (Fsp3) is 1.00. The van der Waals surface area contributed by atoms with Gasteiger partial charge in [-0.15, -0.1) is 0 Å². The minimum atomic E-state index is -7.14. The predicted molar refractivity (Wildman–Crippen MR) is 81.9 cm³/mol. The smallest absolute Gasteiger partial charge is 0.318 e. The number of sulfonamides is 3. The molecule has 0 aromatic carbocycles. The minimum Gasteiger partial charge on any atom is -0.318 e. The number of hydrogen-bond donors (Lipinski definition) is 3. The van der Waals surface area contributed by atoms with Crippen molar-refractivity contribution >= 4 is 30.1 Å². The molecule has 0 rings (SSSR count). The van der Waals surface area contributed by atoms with E-state index < -0.39 is 71.9 Å². The van der Waals surface area contributed by atoms with Crippen molar-refractivity contribution in [3.8, 4) is 0 Å². The Labute approximate surface area is 156 Å². The van der Waals surface area contributed by atoms with E-state index in [1.54, 1.807) is 0 Å². The summed E-state index contributed by atoms with van der Waals surface area (Å²) in [6.45, 7) is -2.46. The molecule has 0 aromatic rings. The zero-order valence-electron chi connectivity index (χ0n) is 14.2. The highest BCUT2D eigenvalue weighted by molar-refractivity contribution is 8.05. The molecule has 1 unspecified atom stereocenters. The topological polar surface area (TPSA) is 139 Å². The molecule has 0 radical (unpaired) electrons. The van der Waals surface area contributed by atoms with Crippen LogP contribution in [0.1, 0.15) is 13.8 Å². The molecule has 0 heterocycles. The van der Waals surface area contributed by atoms with Crippen LogP contribution >= 0.6 is 0 Å². The van der Waals surface area contributed by atoms with Crippen molar-refractivity contribution in [1.29, 1.82) is 0 Å². The molecular formula is C9H16F7N3O6S3. The number of alkyl halides is 7. The zero-order chi connectivity index (χ0) is 23.0. The number of rotatable bonds is 11. The Morgan fingerprint density at radius 2 is 1.07 bits per heavy atom. The summed E-state index contributed by atoms with van der Waals surface area (Å²) in [6, 6.07) is 0. The van der Waals surface area contributed by atoms with E-state index in [-0.39, 0.29) is 10.7 Å². The maximum atomic E-state index is 14.3. The lowest BCUT2D eigenvalue weighted by Gasteiger charge is -2.35. The van der Waals surface area contributed by atoms with Gasteiger partial charge in [0.1, 0.15) is 0 Å². The number of likely N-dealkylation sites (N-methyl/N-ethyl adjacent to an activating group) is 1. The Hall–Kier alpha value is -0.760. The van der Waals surface area contributed by atoms with Gasteiger partial charge in [-0.05, 0) is 14.0 Å². The third kappa shape index (κ3) is 4.69. The van der Waals surface area contributed by atoms with Gasteiger partial charge in [-0.3, -0.25) is 0 Å². The van der Waals surface area contributed by atoms with Gasteiger partial charge in [0.2, 0.25) is 0 Å². The Bertz CT molecular complexity index is 881. The molecule has 0 amide bonds. The molecule has 28 heavy (non-hydrogen) atoms. The summed E-state index contributed by atoms with van der Waals surface area (Å²) < 4.78 is 164. The number of hydrogen-bond acceptors (Lipinski definition) is 7. The largest absolute Gasteiger partial charge is 0.400 e. The minimum absolute atomic E-state index is 0.259. The number of halogens is 7. The van der Waals surface area contributed by atoms with Crippen molar-refractivity contribution in [3.63, 3.8) is 0 Å². The van der Waals surface area contributed by atoms with Crippen LogP contribution < -0.4 is 14.2 Å². The molecule has 0 fully saturated rings. The summed E-state index contributed by atoms with van der Waals surface area (Å²) in [5.74, 6) is 0. The lowest BCUT2D eigenvalue weighted by Crippen LogP contribution is -2.66. The summed E-state index contributed by atoms with van der Waals surface area (Å²) in [5.41, 5.74) is -5.80. The summed E-state index contributed by atoms with van der Waals surface area (Å²) in [5, 5.41) is -15.4. The molecule has 0 bridgehead atoms. The fourth-order valence-electron chi connectivity index (χ4n) is 1.35. The first-order chi connectivity index (χ1) is 12.0. The normalized spacial score (nSPS) is 17.4. The van der Waals surface area contributed by atoms with Crippen molar-refractivity contribution in [2.75, 3.05) is 20.1 Å². The molecule has 0 spiro atoms. The predicted octanol–water partition coefficient (Wildman–Crippen LogP) is -0.0991. The molecule has 170 valence electrons. The molecule has 0 aliphatic rings. The molecule has 19 heteroatoms. The van der Waals surface area contributed by atoms with Crippen LogP contribution in [-0.4, -0.2) is 66.8 Å². The molecule has 1 atom stereocenters. The zero-order valence-corrected chi connectivity index (χ0v) is 16.7. The molecule has 9 nitrogen and oxygen atoms in total. The second-order valence-electron chi connectivity index (χ2n) is 5.44. The highest BCUT2D eigenvalue weighted by Gasteiger charge is 2.78. The molecule has 0 aliphatic heterocycles. The van der Waals surface area contributed by atoms with Crippen LogP contribution in [0.5, 0.6) is 0 Å². The van der Waals surface area contributed by atoms with Crippen molar-refractivity contribution < 1.29 is 56.0 Å². The van der Waals surface area contributed by atoms with Gasteiger partial charge in [0.25, 0.3) is 35.7 Å². The SMILES string of the molecule is CNCCNS(=O)(=O)C(F)(F)C(C)(F)C(F)(F)S(=O)(=O)NS(=O)(=O)C(C)(F)F. The second kappa shape index (κ2) is 7.82. The van der Waals surface area contributed by atoms with Crippen LogP contribution in [0.25, 0.3) is 0 Å². The molecule has 0 saturated heterocycles. The monoisotopic (exact) mass is 491 g/mol. The fourth-order valence-corrected chi connectivity index (χ4v) is 5.39. The van der Waals surface area contributed by atoms with E-state index in [4.69, 9.17) is 0 Å². The first-order valence-corrected chi connectivity index (χ1v) is 11.2. The lowest BCUT2D eigenvalue weighted by atomic mass is 10.1. The van der Waals surface area contributed by atoms with Crippen molar-refractivity contribution in [2.45, 2.75) is 35.3 Å². The molecule has 0 saturated carbocycles. The highest BCUT2D eigenvalue weighted by Crippen LogP contribution is 2.49. The van der Waals surface area contributed by atoms with Crippen molar-refractivity contribution in [2.24, 2.45) is 0 Å². The third-order valence-electron chi connectivity index (χ3n) is 3.13. The quantitative estimate of drug-likeness (QED) is 0.271. The lowest BCUT2D eigenvalue weighted by molar-refractivity contribution is -0.162. The van der Waals surface area contributed by atoms with E-state index in [9.17, 15) is 56.0 Å². The summed E-state index contributed by atoms with van der Waals surface area (Å²) in [4.78, 5) is 0. The Balaban J connectivity index is 6.24. The van der Waals surface area contributed by atoms with E-state index in [2.05, 4.69) is 5.32 Å². The van der Waals surface area contributed by atoms with Gasteiger partial charge in [0, 0.05) is 20.0 Å².